The van der Waals surface area contributed by atoms with Crippen LogP contribution in [0.15, 0.2) is 41.4 Å². The highest BCUT2D eigenvalue weighted by molar-refractivity contribution is 8.38. The first kappa shape index (κ1) is 13.7. The molecule has 0 aliphatic carbocycles. The number of hydrogen-bond donors (Lipinski definition) is 0. The van der Waals surface area contributed by atoms with Crippen LogP contribution in [0.1, 0.15) is 6.92 Å². The van der Waals surface area contributed by atoms with Gasteiger partial charge in [0.25, 0.3) is 0 Å². The first-order chi connectivity index (χ1) is 7.76. The van der Waals surface area contributed by atoms with Crippen LogP contribution in [0.4, 0.5) is 5.69 Å². The summed E-state index contributed by atoms with van der Waals surface area (Å²) < 4.78 is 1.07. The van der Waals surface area contributed by atoms with Gasteiger partial charge in [0.05, 0.1) is 5.69 Å². The van der Waals surface area contributed by atoms with E-state index in [-0.39, 0.29) is 0 Å². The summed E-state index contributed by atoms with van der Waals surface area (Å²) in [6.45, 7) is 2.02. The number of halogens is 1. The molecular formula is C12H14ClNS2. The molecule has 0 aliphatic heterocycles. The van der Waals surface area contributed by atoms with Crippen molar-refractivity contribution in [3.63, 3.8) is 0 Å². The van der Waals surface area contributed by atoms with Gasteiger partial charge in [-0.2, -0.15) is 0 Å². The molecule has 0 N–H and O–H groups in total. The molecule has 1 aromatic rings. The summed E-state index contributed by atoms with van der Waals surface area (Å²) in [5, 5.41) is 0.742. The van der Waals surface area contributed by atoms with E-state index in [0.29, 0.717) is 0 Å². The molecule has 0 heterocycles. The van der Waals surface area contributed by atoms with E-state index < -0.39 is 0 Å². The number of benzene rings is 1. The van der Waals surface area contributed by atoms with Crippen molar-refractivity contribution in [3.8, 4) is 0 Å². The Morgan fingerprint density at radius 3 is 2.62 bits per heavy atom. The monoisotopic (exact) mass is 271 g/mol. The topological polar surface area (TPSA) is 12.4 Å². The third-order valence-corrected chi connectivity index (χ3v) is 4.00. The molecule has 0 saturated carbocycles. The van der Waals surface area contributed by atoms with Gasteiger partial charge in [-0.15, -0.1) is 11.8 Å². The van der Waals surface area contributed by atoms with Crippen molar-refractivity contribution < 1.29 is 0 Å². The maximum atomic E-state index is 5.82. The standard InChI is InChI=1S/C12H14ClNS2/c1-3-4-9-16-12(15-2)14-11-7-5-10(13)6-8-11/h3-8H,9H2,1-2H3/b4-3+,14-12?. The third kappa shape index (κ3) is 5.10. The van der Waals surface area contributed by atoms with Crippen molar-refractivity contribution in [3.05, 3.63) is 41.4 Å². The van der Waals surface area contributed by atoms with Crippen molar-refractivity contribution in [1.29, 1.82) is 0 Å². The molecule has 0 amide bonds. The van der Waals surface area contributed by atoms with Crippen molar-refractivity contribution >= 4 is 45.2 Å². The Kier molecular flexibility index (Phi) is 6.69. The van der Waals surface area contributed by atoms with E-state index >= 15 is 0 Å². The predicted octanol–water partition coefficient (Wildman–Crippen LogP) is 5.00. The van der Waals surface area contributed by atoms with E-state index in [9.17, 15) is 0 Å². The summed E-state index contributed by atoms with van der Waals surface area (Å²) in [7, 11) is 0. The van der Waals surface area contributed by atoms with E-state index in [4.69, 9.17) is 11.6 Å². The molecule has 0 aromatic heterocycles. The summed E-state index contributed by atoms with van der Waals surface area (Å²) in [5.74, 6) is 0.962. The lowest BCUT2D eigenvalue weighted by Crippen LogP contribution is -1.84. The van der Waals surface area contributed by atoms with Crippen molar-refractivity contribution in [2.45, 2.75) is 6.92 Å². The summed E-state index contributed by atoms with van der Waals surface area (Å²) in [4.78, 5) is 4.54. The molecular weight excluding hydrogens is 258 g/mol. The van der Waals surface area contributed by atoms with Crippen LogP contribution >= 0.6 is 35.1 Å². The highest BCUT2D eigenvalue weighted by Gasteiger charge is 1.97. The number of hydrogen-bond acceptors (Lipinski definition) is 3. The zero-order valence-corrected chi connectivity index (χ0v) is 11.7. The maximum Gasteiger partial charge on any atom is 0.130 e. The van der Waals surface area contributed by atoms with E-state index in [1.165, 1.54) is 0 Å². The van der Waals surface area contributed by atoms with Crippen LogP contribution in [0.5, 0.6) is 0 Å². The van der Waals surface area contributed by atoms with Crippen LogP contribution in [0, 0.1) is 0 Å². The van der Waals surface area contributed by atoms with Crippen LogP contribution in [0.25, 0.3) is 0 Å². The Labute approximate surface area is 110 Å². The fraction of sp³-hybridized carbons (Fsp3) is 0.250. The molecule has 0 fully saturated rings. The molecule has 1 nitrogen and oxygen atoms in total. The van der Waals surface area contributed by atoms with Gasteiger partial charge in [0.2, 0.25) is 0 Å². The summed E-state index contributed by atoms with van der Waals surface area (Å²) in [6.07, 6.45) is 6.21. The molecule has 1 rings (SSSR count). The van der Waals surface area contributed by atoms with Crippen LogP contribution in [0.2, 0.25) is 5.02 Å². The van der Waals surface area contributed by atoms with Gasteiger partial charge in [-0.05, 0) is 37.4 Å². The highest BCUT2D eigenvalue weighted by atomic mass is 35.5. The Morgan fingerprint density at radius 2 is 2.06 bits per heavy atom. The number of thioether (sulfide) groups is 2. The summed E-state index contributed by atoms with van der Waals surface area (Å²) >= 11 is 9.22. The molecule has 0 unspecified atom stereocenters. The van der Waals surface area contributed by atoms with E-state index in [1.54, 1.807) is 23.5 Å². The zero-order valence-electron chi connectivity index (χ0n) is 9.31. The van der Waals surface area contributed by atoms with Gasteiger partial charge in [0.1, 0.15) is 4.38 Å². The number of aliphatic imine (C=N–C) groups is 1. The molecule has 16 heavy (non-hydrogen) atoms. The smallest absolute Gasteiger partial charge is 0.130 e. The fourth-order valence-corrected chi connectivity index (χ4v) is 2.57. The molecule has 1 aromatic carbocycles. The molecule has 0 radical (unpaired) electrons. The zero-order chi connectivity index (χ0) is 11.8. The number of nitrogens with zero attached hydrogens (tertiary/aromatic N) is 1. The second-order valence-corrected chi connectivity index (χ2v) is 5.44. The Hall–Kier alpha value is -0.380. The van der Waals surface area contributed by atoms with Gasteiger partial charge >= 0.3 is 0 Å². The SMILES string of the molecule is C/C=C/CSC(=Nc1ccc(Cl)cc1)SC. The molecule has 0 aliphatic rings. The van der Waals surface area contributed by atoms with Gasteiger partial charge < -0.3 is 0 Å². The Balaban J connectivity index is 2.67. The second kappa shape index (κ2) is 7.82. The average molecular weight is 272 g/mol. The molecule has 4 heteroatoms. The van der Waals surface area contributed by atoms with Crippen LogP contribution in [-0.4, -0.2) is 16.4 Å². The first-order valence-corrected chi connectivity index (χ1v) is 7.47. The van der Waals surface area contributed by atoms with Crippen LogP contribution in [0.3, 0.4) is 0 Å². The minimum absolute atomic E-state index is 0.742. The molecule has 0 spiro atoms. The highest BCUT2D eigenvalue weighted by Crippen LogP contribution is 2.22. The maximum absolute atomic E-state index is 5.82. The molecule has 86 valence electrons. The summed E-state index contributed by atoms with van der Waals surface area (Å²) in [5.41, 5.74) is 0.946. The summed E-state index contributed by atoms with van der Waals surface area (Å²) in [6, 6.07) is 7.56. The molecule has 0 bridgehead atoms. The Bertz CT molecular complexity index is 371. The fourth-order valence-electron chi connectivity index (χ4n) is 0.974. The molecule has 0 atom stereocenters. The van der Waals surface area contributed by atoms with E-state index in [0.717, 1.165) is 20.8 Å². The minimum Gasteiger partial charge on any atom is -0.235 e. The van der Waals surface area contributed by atoms with Gasteiger partial charge in [0.15, 0.2) is 0 Å². The normalized spacial score (nSPS) is 12.3. The number of allylic oxidation sites excluding steroid dienone is 1. The lowest BCUT2D eigenvalue weighted by molar-refractivity contribution is 1.54. The van der Waals surface area contributed by atoms with Gasteiger partial charge in [-0.3, -0.25) is 0 Å². The van der Waals surface area contributed by atoms with Gasteiger partial charge in [-0.1, -0.05) is 35.5 Å². The lowest BCUT2D eigenvalue weighted by atomic mass is 10.3. The van der Waals surface area contributed by atoms with Gasteiger partial charge in [0, 0.05) is 10.8 Å². The van der Waals surface area contributed by atoms with Gasteiger partial charge in [-0.25, -0.2) is 4.99 Å². The van der Waals surface area contributed by atoms with Crippen LogP contribution < -0.4 is 0 Å². The number of rotatable bonds is 3. The van der Waals surface area contributed by atoms with Crippen LogP contribution in [-0.2, 0) is 0 Å². The third-order valence-electron chi connectivity index (χ3n) is 1.76. The quantitative estimate of drug-likeness (QED) is 0.436. The average Bonchev–Trinajstić information content (AvgIpc) is 2.31. The van der Waals surface area contributed by atoms with Crippen molar-refractivity contribution in [2.75, 3.05) is 12.0 Å². The second-order valence-electron chi connectivity index (χ2n) is 2.94. The van der Waals surface area contributed by atoms with E-state index in [2.05, 4.69) is 11.1 Å². The first-order valence-electron chi connectivity index (χ1n) is 4.88. The van der Waals surface area contributed by atoms with Crippen molar-refractivity contribution in [1.82, 2.24) is 0 Å². The van der Waals surface area contributed by atoms with E-state index in [1.807, 2.05) is 43.5 Å². The Morgan fingerprint density at radius 1 is 1.38 bits per heavy atom. The molecule has 0 saturated heterocycles. The lowest BCUT2D eigenvalue weighted by Gasteiger charge is -2.01. The minimum atomic E-state index is 0.742. The largest absolute Gasteiger partial charge is 0.235 e. The predicted molar refractivity (Wildman–Crippen MR) is 79.3 cm³/mol. The van der Waals surface area contributed by atoms with Crippen molar-refractivity contribution in [2.24, 2.45) is 4.99 Å².